The lowest BCUT2D eigenvalue weighted by atomic mass is 10.1. The van der Waals surface area contributed by atoms with Crippen LogP contribution in [-0.4, -0.2) is 10.9 Å². The molecule has 0 radical (unpaired) electrons. The van der Waals surface area contributed by atoms with E-state index in [-0.39, 0.29) is 5.91 Å². The van der Waals surface area contributed by atoms with E-state index in [2.05, 4.69) is 34.7 Å². The number of fused-ring (bicyclic) bond motifs is 1. The Morgan fingerprint density at radius 3 is 2.55 bits per heavy atom. The second-order valence-electron chi connectivity index (χ2n) is 5.06. The number of hydrogen-bond donors (Lipinski definition) is 2. The molecule has 22 heavy (non-hydrogen) atoms. The number of benzene rings is 2. The number of aryl methyl sites for hydroxylation is 1. The lowest BCUT2D eigenvalue weighted by Crippen LogP contribution is -2.05. The molecule has 3 rings (SSSR count). The fraction of sp³-hybridized carbons (Fsp3) is 0.176. The summed E-state index contributed by atoms with van der Waals surface area (Å²) < 4.78 is 5.65. The Hall–Kier alpha value is -2.82. The first-order valence-corrected chi connectivity index (χ1v) is 7.18. The molecular formula is C17H17N3O2. The van der Waals surface area contributed by atoms with E-state index in [0.29, 0.717) is 22.8 Å². The van der Waals surface area contributed by atoms with Crippen LogP contribution in [0.2, 0.25) is 0 Å². The minimum absolute atomic E-state index is 0.114. The average molecular weight is 295 g/mol. The molecule has 112 valence electrons. The smallest absolute Gasteiger partial charge is 0.300 e. The van der Waals surface area contributed by atoms with Crippen LogP contribution in [0.3, 0.4) is 0 Å². The van der Waals surface area contributed by atoms with Gasteiger partial charge in [0, 0.05) is 18.3 Å². The molecule has 0 spiro atoms. The molecule has 1 heterocycles. The first-order chi connectivity index (χ1) is 10.6. The zero-order valence-electron chi connectivity index (χ0n) is 12.5. The Bertz CT molecular complexity index is 806. The van der Waals surface area contributed by atoms with Crippen molar-refractivity contribution in [2.45, 2.75) is 20.3 Å². The lowest BCUT2D eigenvalue weighted by molar-refractivity contribution is -0.114. The largest absolute Gasteiger partial charge is 0.423 e. The van der Waals surface area contributed by atoms with Crippen LogP contribution in [0, 0.1) is 0 Å². The number of nitrogens with zero attached hydrogens (tertiary/aromatic N) is 1. The number of nitrogens with one attached hydrogen (secondary N) is 2. The quantitative estimate of drug-likeness (QED) is 0.760. The molecule has 0 aliphatic heterocycles. The summed E-state index contributed by atoms with van der Waals surface area (Å²) in [6.45, 7) is 3.59. The highest BCUT2D eigenvalue weighted by Crippen LogP contribution is 2.24. The highest BCUT2D eigenvalue weighted by atomic mass is 16.4. The van der Waals surface area contributed by atoms with Gasteiger partial charge in [-0.1, -0.05) is 19.1 Å². The Balaban J connectivity index is 1.83. The minimum Gasteiger partial charge on any atom is -0.423 e. The van der Waals surface area contributed by atoms with Gasteiger partial charge in [0.05, 0.1) is 0 Å². The zero-order valence-corrected chi connectivity index (χ0v) is 12.5. The van der Waals surface area contributed by atoms with Crippen LogP contribution in [0.4, 0.5) is 17.4 Å². The van der Waals surface area contributed by atoms with E-state index >= 15 is 0 Å². The van der Waals surface area contributed by atoms with Crippen LogP contribution in [0.25, 0.3) is 11.1 Å². The Morgan fingerprint density at radius 1 is 1.14 bits per heavy atom. The molecule has 2 aromatic carbocycles. The molecule has 2 N–H and O–H groups in total. The van der Waals surface area contributed by atoms with Crippen molar-refractivity contribution in [3.63, 3.8) is 0 Å². The van der Waals surface area contributed by atoms with Crippen molar-refractivity contribution in [1.82, 2.24) is 4.98 Å². The molecule has 1 aromatic heterocycles. The minimum atomic E-state index is -0.114. The highest BCUT2D eigenvalue weighted by molar-refractivity contribution is 5.91. The van der Waals surface area contributed by atoms with Crippen molar-refractivity contribution in [2.24, 2.45) is 0 Å². The second-order valence-corrected chi connectivity index (χ2v) is 5.06. The lowest BCUT2D eigenvalue weighted by Gasteiger charge is -2.02. The third kappa shape index (κ3) is 3.09. The Labute approximate surface area is 128 Å². The van der Waals surface area contributed by atoms with Crippen LogP contribution in [0.1, 0.15) is 19.4 Å². The fourth-order valence-electron chi connectivity index (χ4n) is 2.21. The van der Waals surface area contributed by atoms with E-state index in [1.165, 1.54) is 12.5 Å². The topological polar surface area (TPSA) is 67.2 Å². The second kappa shape index (κ2) is 5.89. The highest BCUT2D eigenvalue weighted by Gasteiger charge is 2.07. The van der Waals surface area contributed by atoms with E-state index < -0.39 is 0 Å². The molecule has 0 atom stereocenters. The van der Waals surface area contributed by atoms with E-state index in [1.807, 2.05) is 12.1 Å². The SMILES string of the molecule is CCc1ccc(Nc2nc3cc(NC(C)=O)ccc3o2)cc1. The monoisotopic (exact) mass is 295 g/mol. The number of carbonyl (C=O) groups excluding carboxylic acids is 1. The normalized spacial score (nSPS) is 10.6. The van der Waals surface area contributed by atoms with Crippen molar-refractivity contribution in [3.8, 4) is 0 Å². The van der Waals surface area contributed by atoms with E-state index in [0.717, 1.165) is 12.1 Å². The van der Waals surface area contributed by atoms with Crippen molar-refractivity contribution in [1.29, 1.82) is 0 Å². The molecule has 0 fully saturated rings. The Kier molecular flexibility index (Phi) is 3.78. The van der Waals surface area contributed by atoms with Crippen molar-refractivity contribution >= 4 is 34.4 Å². The summed E-state index contributed by atoms with van der Waals surface area (Å²) in [4.78, 5) is 15.5. The van der Waals surface area contributed by atoms with E-state index in [1.54, 1.807) is 18.2 Å². The number of oxazole rings is 1. The van der Waals surface area contributed by atoms with Gasteiger partial charge in [0.25, 0.3) is 6.01 Å². The maximum absolute atomic E-state index is 11.1. The Morgan fingerprint density at radius 2 is 1.86 bits per heavy atom. The number of hydrogen-bond acceptors (Lipinski definition) is 4. The van der Waals surface area contributed by atoms with Crippen LogP contribution < -0.4 is 10.6 Å². The molecule has 3 aromatic rings. The predicted molar refractivity (Wildman–Crippen MR) is 87.4 cm³/mol. The van der Waals surface area contributed by atoms with Gasteiger partial charge in [0.1, 0.15) is 5.52 Å². The van der Waals surface area contributed by atoms with Crippen molar-refractivity contribution in [2.75, 3.05) is 10.6 Å². The molecular weight excluding hydrogens is 278 g/mol. The third-order valence-corrected chi connectivity index (χ3v) is 3.32. The molecule has 0 unspecified atom stereocenters. The fourth-order valence-corrected chi connectivity index (χ4v) is 2.21. The summed E-state index contributed by atoms with van der Waals surface area (Å²) in [5.41, 5.74) is 4.27. The molecule has 5 nitrogen and oxygen atoms in total. The number of aromatic nitrogens is 1. The van der Waals surface area contributed by atoms with Gasteiger partial charge in [-0.2, -0.15) is 4.98 Å². The summed E-state index contributed by atoms with van der Waals surface area (Å²) in [6, 6.07) is 13.9. The molecule has 0 saturated carbocycles. The average Bonchev–Trinajstić information content (AvgIpc) is 2.89. The number of carbonyl (C=O) groups is 1. The van der Waals surface area contributed by atoms with Crippen LogP contribution in [-0.2, 0) is 11.2 Å². The summed E-state index contributed by atoms with van der Waals surface area (Å²) in [7, 11) is 0. The van der Waals surface area contributed by atoms with Gasteiger partial charge in [-0.15, -0.1) is 0 Å². The van der Waals surface area contributed by atoms with Gasteiger partial charge in [0.15, 0.2) is 5.58 Å². The molecule has 1 amide bonds. The van der Waals surface area contributed by atoms with Crippen molar-refractivity contribution < 1.29 is 9.21 Å². The first kappa shape index (κ1) is 14.1. The summed E-state index contributed by atoms with van der Waals surface area (Å²) >= 11 is 0. The number of anilines is 3. The molecule has 0 saturated heterocycles. The van der Waals surface area contributed by atoms with Gasteiger partial charge in [-0.25, -0.2) is 0 Å². The molecule has 5 heteroatoms. The third-order valence-electron chi connectivity index (χ3n) is 3.32. The van der Waals surface area contributed by atoms with Gasteiger partial charge in [-0.05, 0) is 42.3 Å². The van der Waals surface area contributed by atoms with Gasteiger partial charge in [0.2, 0.25) is 5.91 Å². The molecule has 0 aliphatic carbocycles. The van der Waals surface area contributed by atoms with Gasteiger partial charge < -0.3 is 15.1 Å². The maximum atomic E-state index is 11.1. The number of amides is 1. The number of rotatable bonds is 4. The predicted octanol–water partition coefficient (Wildman–Crippen LogP) is 4.09. The van der Waals surface area contributed by atoms with Crippen LogP contribution in [0.5, 0.6) is 0 Å². The first-order valence-electron chi connectivity index (χ1n) is 7.18. The zero-order chi connectivity index (χ0) is 15.5. The van der Waals surface area contributed by atoms with Crippen molar-refractivity contribution in [3.05, 3.63) is 48.0 Å². The molecule has 0 bridgehead atoms. The van der Waals surface area contributed by atoms with E-state index in [9.17, 15) is 4.79 Å². The summed E-state index contributed by atoms with van der Waals surface area (Å²) in [6.07, 6.45) is 1.01. The van der Waals surface area contributed by atoms with E-state index in [4.69, 9.17) is 4.42 Å². The maximum Gasteiger partial charge on any atom is 0.300 e. The van der Waals surface area contributed by atoms with Gasteiger partial charge >= 0.3 is 0 Å². The molecule has 0 aliphatic rings. The van der Waals surface area contributed by atoms with Crippen LogP contribution in [0.15, 0.2) is 46.9 Å². The van der Waals surface area contributed by atoms with Gasteiger partial charge in [-0.3, -0.25) is 4.79 Å². The summed E-state index contributed by atoms with van der Waals surface area (Å²) in [5.74, 6) is -0.114. The van der Waals surface area contributed by atoms with Crippen LogP contribution >= 0.6 is 0 Å². The standard InChI is InChI=1S/C17H17N3O2/c1-3-12-4-6-13(7-5-12)19-17-20-15-10-14(18-11(2)21)8-9-16(15)22-17/h4-10H,3H2,1-2H3,(H,18,21)(H,19,20). The summed E-state index contributed by atoms with van der Waals surface area (Å²) in [5, 5.41) is 5.87.